The normalized spacial score (nSPS) is 9.53. The number of esters is 1. The molecule has 80 valence electrons. The second kappa shape index (κ2) is 5.24. The first kappa shape index (κ1) is 11.4. The smallest absolute Gasteiger partial charge is 0.340 e. The molecule has 0 atom stereocenters. The first-order valence-electron chi connectivity index (χ1n) is 4.50. The van der Waals surface area contributed by atoms with Crippen LogP contribution in [0, 0.1) is 5.82 Å². The molecule has 0 aromatic carbocycles. The van der Waals surface area contributed by atoms with Crippen molar-refractivity contribution in [2.45, 2.75) is 13.8 Å². The van der Waals surface area contributed by atoms with Crippen molar-refractivity contribution in [2.75, 3.05) is 6.61 Å². The average Bonchev–Trinajstić information content (AvgIpc) is 2.17. The van der Waals surface area contributed by atoms with E-state index in [9.17, 15) is 9.18 Å². The lowest BCUT2D eigenvalue weighted by Gasteiger charge is -2.01. The highest BCUT2D eigenvalue weighted by atomic mass is 19.1. The third-order valence-corrected chi connectivity index (χ3v) is 1.65. The van der Waals surface area contributed by atoms with Gasteiger partial charge in [0.2, 0.25) is 0 Å². The Labute approximate surface area is 87.6 Å². The van der Waals surface area contributed by atoms with Gasteiger partial charge in [0.05, 0.1) is 11.8 Å². The van der Waals surface area contributed by atoms with Gasteiger partial charge in [0.15, 0.2) is 0 Å². The quantitative estimate of drug-likeness (QED) is 0.566. The molecule has 0 unspecified atom stereocenters. The number of pyridine rings is 1. The Balaban J connectivity index is 2.58. The monoisotopic (exact) mass is 209 g/mol. The van der Waals surface area contributed by atoms with Crippen LogP contribution < -0.4 is 0 Å². The molecule has 0 bridgehead atoms. The summed E-state index contributed by atoms with van der Waals surface area (Å²) in [6, 6.07) is 1.10. The summed E-state index contributed by atoms with van der Waals surface area (Å²) in [7, 11) is 0. The van der Waals surface area contributed by atoms with E-state index >= 15 is 0 Å². The number of aromatic nitrogens is 1. The van der Waals surface area contributed by atoms with Crippen molar-refractivity contribution in [1.29, 1.82) is 0 Å². The summed E-state index contributed by atoms with van der Waals surface area (Å²) < 4.78 is 17.6. The van der Waals surface area contributed by atoms with Gasteiger partial charge in [0.25, 0.3) is 0 Å². The molecule has 1 aromatic heterocycles. The van der Waals surface area contributed by atoms with Crippen LogP contribution >= 0.6 is 0 Å². The van der Waals surface area contributed by atoms with E-state index in [1.54, 1.807) is 6.08 Å². The fourth-order valence-corrected chi connectivity index (χ4v) is 0.891. The highest BCUT2D eigenvalue weighted by Gasteiger charge is 2.07. The molecule has 0 saturated carbocycles. The summed E-state index contributed by atoms with van der Waals surface area (Å²) in [6.07, 6.45) is 4.07. The van der Waals surface area contributed by atoms with Gasteiger partial charge in [-0.05, 0) is 26.0 Å². The number of carbonyl (C=O) groups is 1. The molecule has 0 aliphatic heterocycles. The van der Waals surface area contributed by atoms with Gasteiger partial charge in [-0.1, -0.05) is 5.57 Å². The molecule has 4 heteroatoms. The maximum Gasteiger partial charge on any atom is 0.340 e. The number of carbonyl (C=O) groups excluding carboxylic acids is 1. The molecule has 0 N–H and O–H groups in total. The molecule has 1 heterocycles. The molecule has 0 aliphatic carbocycles. The van der Waals surface area contributed by atoms with Crippen LogP contribution in [0.4, 0.5) is 4.39 Å². The second-order valence-corrected chi connectivity index (χ2v) is 3.27. The van der Waals surface area contributed by atoms with E-state index in [0.29, 0.717) is 0 Å². The molecule has 15 heavy (non-hydrogen) atoms. The Morgan fingerprint density at radius 1 is 1.53 bits per heavy atom. The van der Waals surface area contributed by atoms with Gasteiger partial charge in [-0.15, -0.1) is 0 Å². The molecule has 1 rings (SSSR count). The van der Waals surface area contributed by atoms with E-state index in [0.717, 1.165) is 17.8 Å². The highest BCUT2D eigenvalue weighted by molar-refractivity contribution is 5.88. The summed E-state index contributed by atoms with van der Waals surface area (Å²) in [4.78, 5) is 14.9. The largest absolute Gasteiger partial charge is 0.458 e. The van der Waals surface area contributed by atoms with E-state index in [-0.39, 0.29) is 12.2 Å². The molecular weight excluding hydrogens is 197 g/mol. The lowest BCUT2D eigenvalue weighted by molar-refractivity contribution is 0.0548. The third-order valence-electron chi connectivity index (χ3n) is 1.65. The van der Waals surface area contributed by atoms with Gasteiger partial charge in [0.1, 0.15) is 12.4 Å². The van der Waals surface area contributed by atoms with Crippen LogP contribution in [-0.2, 0) is 4.74 Å². The number of rotatable bonds is 3. The molecule has 0 fully saturated rings. The predicted octanol–water partition coefficient (Wildman–Crippen LogP) is 2.34. The summed E-state index contributed by atoms with van der Waals surface area (Å²) in [6.45, 7) is 3.99. The van der Waals surface area contributed by atoms with Crippen LogP contribution in [0.15, 0.2) is 30.1 Å². The molecule has 0 radical (unpaired) electrons. The predicted molar refractivity (Wildman–Crippen MR) is 53.9 cm³/mol. The zero-order valence-electron chi connectivity index (χ0n) is 8.66. The fraction of sp³-hybridized carbons (Fsp3) is 0.273. The molecule has 0 amide bonds. The van der Waals surface area contributed by atoms with E-state index in [2.05, 4.69) is 4.98 Å². The number of ether oxygens (including phenoxy) is 1. The Hall–Kier alpha value is -1.71. The number of nitrogens with zero attached hydrogens (tertiary/aromatic N) is 1. The molecule has 1 aromatic rings. The summed E-state index contributed by atoms with van der Waals surface area (Å²) >= 11 is 0. The molecule has 0 spiro atoms. The number of hydrogen-bond acceptors (Lipinski definition) is 3. The van der Waals surface area contributed by atoms with Crippen molar-refractivity contribution < 1.29 is 13.9 Å². The van der Waals surface area contributed by atoms with Gasteiger partial charge in [-0.25, -0.2) is 9.18 Å². The van der Waals surface area contributed by atoms with Gasteiger partial charge >= 0.3 is 5.97 Å². The van der Waals surface area contributed by atoms with E-state index < -0.39 is 11.8 Å². The molecular formula is C11H12FNO2. The van der Waals surface area contributed by atoms with Crippen LogP contribution in [0.5, 0.6) is 0 Å². The van der Waals surface area contributed by atoms with Gasteiger partial charge in [0, 0.05) is 6.20 Å². The Morgan fingerprint density at radius 2 is 2.27 bits per heavy atom. The van der Waals surface area contributed by atoms with Gasteiger partial charge in [-0.3, -0.25) is 4.98 Å². The third kappa shape index (κ3) is 3.89. The van der Waals surface area contributed by atoms with Crippen molar-refractivity contribution in [2.24, 2.45) is 0 Å². The lowest BCUT2D eigenvalue weighted by Crippen LogP contribution is -2.06. The van der Waals surface area contributed by atoms with E-state index in [1.807, 2.05) is 13.8 Å². The van der Waals surface area contributed by atoms with Crippen molar-refractivity contribution in [3.63, 3.8) is 0 Å². The van der Waals surface area contributed by atoms with Crippen LogP contribution in [0.3, 0.4) is 0 Å². The maximum absolute atomic E-state index is 12.7. The van der Waals surface area contributed by atoms with E-state index in [4.69, 9.17) is 4.74 Å². The fourth-order valence-electron chi connectivity index (χ4n) is 0.891. The van der Waals surface area contributed by atoms with Crippen LogP contribution in [0.25, 0.3) is 0 Å². The SMILES string of the molecule is CC(C)=CCOC(=O)c1cncc(F)c1. The minimum atomic E-state index is -0.570. The number of allylic oxidation sites excluding steroid dienone is 1. The lowest BCUT2D eigenvalue weighted by atomic mass is 10.3. The summed E-state index contributed by atoms with van der Waals surface area (Å²) in [5.74, 6) is -1.12. The Morgan fingerprint density at radius 3 is 2.87 bits per heavy atom. The van der Waals surface area contributed by atoms with E-state index in [1.165, 1.54) is 6.20 Å². The maximum atomic E-state index is 12.7. The summed E-state index contributed by atoms with van der Waals surface area (Å²) in [5.41, 5.74) is 1.18. The van der Waals surface area contributed by atoms with Gasteiger partial charge < -0.3 is 4.74 Å². The standard InChI is InChI=1S/C11H12FNO2/c1-8(2)3-4-15-11(14)9-5-10(12)7-13-6-9/h3,5-7H,4H2,1-2H3. The minimum Gasteiger partial charge on any atom is -0.458 e. The van der Waals surface area contributed by atoms with Crippen LogP contribution in [0.1, 0.15) is 24.2 Å². The number of halogens is 1. The first-order valence-corrected chi connectivity index (χ1v) is 4.50. The molecule has 0 saturated heterocycles. The molecule has 3 nitrogen and oxygen atoms in total. The van der Waals surface area contributed by atoms with Crippen molar-refractivity contribution in [1.82, 2.24) is 4.98 Å². The Kier molecular flexibility index (Phi) is 3.97. The highest BCUT2D eigenvalue weighted by Crippen LogP contribution is 2.03. The summed E-state index contributed by atoms with van der Waals surface area (Å²) in [5, 5.41) is 0. The van der Waals surface area contributed by atoms with Gasteiger partial charge in [-0.2, -0.15) is 0 Å². The van der Waals surface area contributed by atoms with Crippen molar-refractivity contribution in [3.8, 4) is 0 Å². The zero-order valence-corrected chi connectivity index (χ0v) is 8.66. The van der Waals surface area contributed by atoms with Crippen LogP contribution in [-0.4, -0.2) is 17.6 Å². The topological polar surface area (TPSA) is 39.2 Å². The second-order valence-electron chi connectivity index (χ2n) is 3.27. The Bertz CT molecular complexity index is 384. The molecule has 0 aliphatic rings. The average molecular weight is 209 g/mol. The number of hydrogen-bond donors (Lipinski definition) is 0. The van der Waals surface area contributed by atoms with Crippen molar-refractivity contribution >= 4 is 5.97 Å². The first-order chi connectivity index (χ1) is 7.09. The van der Waals surface area contributed by atoms with Crippen molar-refractivity contribution in [3.05, 3.63) is 41.5 Å². The minimum absolute atomic E-state index is 0.122. The van der Waals surface area contributed by atoms with Crippen LogP contribution in [0.2, 0.25) is 0 Å². The zero-order chi connectivity index (χ0) is 11.3.